The third kappa shape index (κ3) is 5.46. The average molecular weight is 410 g/mol. The maximum Gasteiger partial charge on any atom is 0.252 e. The molecule has 2 aromatic carbocycles. The monoisotopic (exact) mass is 409 g/mol. The minimum Gasteiger partial charge on any atom is -0.367 e. The first kappa shape index (κ1) is 22.0. The van der Waals surface area contributed by atoms with E-state index in [1.165, 1.54) is 0 Å². The van der Waals surface area contributed by atoms with Crippen LogP contribution in [-0.2, 0) is 14.3 Å². The molecule has 0 saturated carbocycles. The Labute approximate surface area is 178 Å². The van der Waals surface area contributed by atoms with Crippen molar-refractivity contribution < 1.29 is 14.3 Å². The van der Waals surface area contributed by atoms with Gasteiger partial charge in [0.05, 0.1) is 6.04 Å². The van der Waals surface area contributed by atoms with Gasteiger partial charge in [-0.15, -0.1) is 0 Å². The van der Waals surface area contributed by atoms with Crippen molar-refractivity contribution in [2.75, 3.05) is 27.2 Å². The summed E-state index contributed by atoms with van der Waals surface area (Å²) in [5.41, 5.74) is 7.49. The summed E-state index contributed by atoms with van der Waals surface area (Å²) in [7, 11) is 4.05. The maximum atomic E-state index is 13.6. The number of carbonyl (C=O) groups excluding carboxylic acids is 2. The number of primary amides is 1. The van der Waals surface area contributed by atoms with Crippen LogP contribution in [0.2, 0.25) is 0 Å². The summed E-state index contributed by atoms with van der Waals surface area (Å²) >= 11 is 0. The summed E-state index contributed by atoms with van der Waals surface area (Å²) in [5.74, 6) is -0.595. The van der Waals surface area contributed by atoms with Crippen LogP contribution in [0.15, 0.2) is 60.7 Å². The molecule has 2 aromatic rings. The predicted molar refractivity (Wildman–Crippen MR) is 117 cm³/mol. The third-order valence-corrected chi connectivity index (χ3v) is 5.44. The largest absolute Gasteiger partial charge is 0.367 e. The first-order chi connectivity index (χ1) is 14.5. The van der Waals surface area contributed by atoms with Gasteiger partial charge in [0, 0.05) is 6.54 Å². The van der Waals surface area contributed by atoms with Gasteiger partial charge in [0.25, 0.3) is 5.91 Å². The lowest BCUT2D eigenvalue weighted by Gasteiger charge is -2.34. The molecule has 0 unspecified atom stereocenters. The third-order valence-electron chi connectivity index (χ3n) is 5.44. The number of ether oxygens (including phenoxy) is 1. The smallest absolute Gasteiger partial charge is 0.252 e. The van der Waals surface area contributed by atoms with Gasteiger partial charge in [0.15, 0.2) is 0 Å². The molecule has 0 aromatic heterocycles. The molecule has 1 aliphatic heterocycles. The highest BCUT2D eigenvalue weighted by atomic mass is 16.5. The number of carbonyl (C=O) groups is 2. The standard InChI is InChI=1S/C24H31N3O3/c1-26(2)16-9-17-27(24(29)21-15-14-20(30-21)23(25)28)22(18-10-5-3-6-11-18)19-12-7-4-8-13-19/h3-8,10-13,20-22H,9,14-17H2,1-2H3,(H2,25,28)/t20-,21+/m1/s1. The zero-order chi connectivity index (χ0) is 21.5. The summed E-state index contributed by atoms with van der Waals surface area (Å²) in [6, 6.07) is 19.9. The second-order valence-electron chi connectivity index (χ2n) is 8.01. The van der Waals surface area contributed by atoms with Crippen molar-refractivity contribution in [2.45, 2.75) is 37.5 Å². The number of rotatable bonds is 9. The highest BCUT2D eigenvalue weighted by Gasteiger charge is 2.38. The van der Waals surface area contributed by atoms with Crippen LogP contribution in [-0.4, -0.2) is 61.0 Å². The number of nitrogens with zero attached hydrogens (tertiary/aromatic N) is 2. The summed E-state index contributed by atoms with van der Waals surface area (Å²) in [6.45, 7) is 1.46. The predicted octanol–water partition coefficient (Wildman–Crippen LogP) is 2.59. The van der Waals surface area contributed by atoms with Crippen LogP contribution >= 0.6 is 0 Å². The van der Waals surface area contributed by atoms with E-state index in [0.29, 0.717) is 19.4 Å². The molecular weight excluding hydrogens is 378 g/mol. The zero-order valence-electron chi connectivity index (χ0n) is 17.7. The van der Waals surface area contributed by atoms with Gasteiger partial charge in [-0.25, -0.2) is 0 Å². The molecule has 30 heavy (non-hydrogen) atoms. The Bertz CT molecular complexity index is 787. The molecule has 0 bridgehead atoms. The van der Waals surface area contributed by atoms with Gasteiger partial charge >= 0.3 is 0 Å². The number of benzene rings is 2. The van der Waals surface area contributed by atoms with E-state index in [2.05, 4.69) is 4.90 Å². The highest BCUT2D eigenvalue weighted by molar-refractivity contribution is 5.84. The molecule has 3 rings (SSSR count). The van der Waals surface area contributed by atoms with E-state index in [9.17, 15) is 9.59 Å². The van der Waals surface area contributed by atoms with E-state index in [0.717, 1.165) is 24.1 Å². The van der Waals surface area contributed by atoms with Crippen molar-refractivity contribution >= 4 is 11.8 Å². The molecule has 0 spiro atoms. The van der Waals surface area contributed by atoms with Crippen molar-refractivity contribution in [2.24, 2.45) is 5.73 Å². The molecule has 1 heterocycles. The van der Waals surface area contributed by atoms with Gasteiger partial charge in [-0.1, -0.05) is 60.7 Å². The second kappa shape index (κ2) is 10.4. The van der Waals surface area contributed by atoms with Crippen LogP contribution in [0, 0.1) is 0 Å². The van der Waals surface area contributed by atoms with Crippen LogP contribution in [0.1, 0.15) is 36.4 Å². The quantitative estimate of drug-likeness (QED) is 0.691. The van der Waals surface area contributed by atoms with Crippen molar-refractivity contribution in [1.29, 1.82) is 0 Å². The summed E-state index contributed by atoms with van der Waals surface area (Å²) in [6.07, 6.45) is 0.498. The van der Waals surface area contributed by atoms with Gasteiger partial charge in [-0.3, -0.25) is 9.59 Å². The maximum absolute atomic E-state index is 13.6. The summed E-state index contributed by atoms with van der Waals surface area (Å²) in [5, 5.41) is 0. The van der Waals surface area contributed by atoms with Gasteiger partial charge in [-0.2, -0.15) is 0 Å². The van der Waals surface area contributed by atoms with E-state index >= 15 is 0 Å². The summed E-state index contributed by atoms with van der Waals surface area (Å²) in [4.78, 5) is 29.2. The van der Waals surface area contributed by atoms with Gasteiger partial charge in [0.2, 0.25) is 5.91 Å². The van der Waals surface area contributed by atoms with Crippen LogP contribution in [0.5, 0.6) is 0 Å². The van der Waals surface area contributed by atoms with Crippen LogP contribution < -0.4 is 5.73 Å². The van der Waals surface area contributed by atoms with E-state index in [-0.39, 0.29) is 11.9 Å². The minimum absolute atomic E-state index is 0.0878. The number of hydrogen-bond acceptors (Lipinski definition) is 4. The highest BCUT2D eigenvalue weighted by Crippen LogP contribution is 2.32. The SMILES string of the molecule is CN(C)CCCN(C(=O)[C@@H]1CC[C@H](C(N)=O)O1)C(c1ccccc1)c1ccccc1. The number of amides is 2. The minimum atomic E-state index is -0.686. The van der Waals surface area contributed by atoms with E-state index in [4.69, 9.17) is 10.5 Å². The Morgan fingerprint density at radius 2 is 1.47 bits per heavy atom. The lowest BCUT2D eigenvalue weighted by atomic mass is 9.96. The molecule has 0 radical (unpaired) electrons. The normalized spacial score (nSPS) is 18.7. The Morgan fingerprint density at radius 1 is 0.933 bits per heavy atom. The van der Waals surface area contributed by atoms with E-state index in [1.54, 1.807) is 0 Å². The second-order valence-corrected chi connectivity index (χ2v) is 8.01. The molecule has 2 atom stereocenters. The van der Waals surface area contributed by atoms with Crippen molar-refractivity contribution in [3.05, 3.63) is 71.8 Å². The molecule has 0 aliphatic carbocycles. The molecule has 1 aliphatic rings. The van der Waals surface area contributed by atoms with Crippen LogP contribution in [0.3, 0.4) is 0 Å². The Balaban J connectivity index is 1.93. The van der Waals surface area contributed by atoms with Crippen molar-refractivity contribution in [3.63, 3.8) is 0 Å². The van der Waals surface area contributed by atoms with Crippen molar-refractivity contribution in [1.82, 2.24) is 9.80 Å². The molecule has 1 fully saturated rings. The van der Waals surface area contributed by atoms with Crippen molar-refractivity contribution in [3.8, 4) is 0 Å². The van der Waals surface area contributed by atoms with E-state index < -0.39 is 18.1 Å². The lowest BCUT2D eigenvalue weighted by molar-refractivity contribution is -0.147. The average Bonchev–Trinajstić information content (AvgIpc) is 3.24. The summed E-state index contributed by atoms with van der Waals surface area (Å²) < 4.78 is 5.74. The fourth-order valence-electron chi connectivity index (χ4n) is 3.96. The van der Waals surface area contributed by atoms with Gasteiger partial charge in [-0.05, 0) is 51.0 Å². The van der Waals surface area contributed by atoms with Crippen LogP contribution in [0.25, 0.3) is 0 Å². The molecular formula is C24H31N3O3. The van der Waals surface area contributed by atoms with Gasteiger partial charge in [0.1, 0.15) is 12.2 Å². The molecule has 1 saturated heterocycles. The lowest BCUT2D eigenvalue weighted by Crippen LogP contribution is -2.43. The molecule has 6 nitrogen and oxygen atoms in total. The zero-order valence-corrected chi connectivity index (χ0v) is 17.7. The Hall–Kier alpha value is -2.70. The number of nitrogens with two attached hydrogens (primary N) is 1. The Kier molecular flexibility index (Phi) is 7.60. The fraction of sp³-hybridized carbons (Fsp3) is 0.417. The number of hydrogen-bond donors (Lipinski definition) is 1. The first-order valence-corrected chi connectivity index (χ1v) is 10.5. The fourth-order valence-corrected chi connectivity index (χ4v) is 3.96. The Morgan fingerprint density at radius 3 is 1.93 bits per heavy atom. The molecule has 2 amide bonds. The first-order valence-electron chi connectivity index (χ1n) is 10.5. The molecule has 6 heteroatoms. The molecule has 160 valence electrons. The van der Waals surface area contributed by atoms with E-state index in [1.807, 2.05) is 79.7 Å². The topological polar surface area (TPSA) is 75.9 Å². The van der Waals surface area contributed by atoms with Crippen LogP contribution in [0.4, 0.5) is 0 Å². The molecule has 2 N–H and O–H groups in total. The van der Waals surface area contributed by atoms with Gasteiger partial charge < -0.3 is 20.3 Å².